The fourth-order valence-corrected chi connectivity index (χ4v) is 3.95. The third kappa shape index (κ3) is 2.29. The molecule has 0 saturated carbocycles. The van der Waals surface area contributed by atoms with Gasteiger partial charge in [-0.15, -0.1) is 0 Å². The van der Waals surface area contributed by atoms with Crippen LogP contribution in [0, 0.1) is 5.41 Å². The summed E-state index contributed by atoms with van der Waals surface area (Å²) < 4.78 is 0. The molecular formula is C19H23ClN2. The van der Waals surface area contributed by atoms with Crippen molar-refractivity contribution < 1.29 is 0 Å². The lowest BCUT2D eigenvalue weighted by atomic mass is 9.77. The van der Waals surface area contributed by atoms with E-state index >= 15 is 0 Å². The fraction of sp³-hybridized carbons (Fsp3) is 0.474. The first-order valence-corrected chi connectivity index (χ1v) is 8.62. The number of hydrogen-bond donors (Lipinski definition) is 1. The standard InChI is InChI=1S/C19H23ClN2/c1-13-7-8-22(13)18-6-3-14(10-19(2)11-21-12-19)17-9-15(20)4-5-16(17)18/h3-6,9,13,21H,7-8,10-12H2,1-2H3. The van der Waals surface area contributed by atoms with E-state index in [9.17, 15) is 0 Å². The fourth-order valence-electron chi connectivity index (χ4n) is 3.78. The van der Waals surface area contributed by atoms with Crippen molar-refractivity contribution in [2.45, 2.75) is 32.7 Å². The SMILES string of the molecule is CC1CCN1c1ccc(CC2(C)CNC2)c2cc(Cl)ccc12. The van der Waals surface area contributed by atoms with Gasteiger partial charge in [-0.1, -0.05) is 30.7 Å². The minimum atomic E-state index is 0.390. The minimum Gasteiger partial charge on any atom is -0.368 e. The van der Waals surface area contributed by atoms with Crippen molar-refractivity contribution in [3.63, 3.8) is 0 Å². The van der Waals surface area contributed by atoms with Crippen molar-refractivity contribution in [1.82, 2.24) is 5.32 Å². The van der Waals surface area contributed by atoms with Gasteiger partial charge in [0.1, 0.15) is 0 Å². The molecular weight excluding hydrogens is 292 g/mol. The van der Waals surface area contributed by atoms with E-state index in [1.54, 1.807) is 0 Å². The molecule has 1 unspecified atom stereocenters. The van der Waals surface area contributed by atoms with E-state index in [0.29, 0.717) is 11.5 Å². The van der Waals surface area contributed by atoms with Crippen LogP contribution in [0.3, 0.4) is 0 Å². The van der Waals surface area contributed by atoms with Crippen LogP contribution in [0.15, 0.2) is 30.3 Å². The maximum Gasteiger partial charge on any atom is 0.0448 e. The maximum atomic E-state index is 6.29. The predicted molar refractivity (Wildman–Crippen MR) is 95.1 cm³/mol. The lowest BCUT2D eigenvalue weighted by Gasteiger charge is -2.42. The highest BCUT2D eigenvalue weighted by Crippen LogP contribution is 2.38. The zero-order chi connectivity index (χ0) is 15.3. The van der Waals surface area contributed by atoms with E-state index < -0.39 is 0 Å². The molecule has 0 spiro atoms. The molecule has 22 heavy (non-hydrogen) atoms. The van der Waals surface area contributed by atoms with Crippen LogP contribution in [-0.4, -0.2) is 25.7 Å². The van der Waals surface area contributed by atoms with E-state index in [4.69, 9.17) is 11.6 Å². The van der Waals surface area contributed by atoms with E-state index in [1.165, 1.54) is 35.0 Å². The van der Waals surface area contributed by atoms with Gasteiger partial charge in [-0.25, -0.2) is 0 Å². The van der Waals surface area contributed by atoms with Crippen molar-refractivity contribution in [3.05, 3.63) is 40.9 Å². The molecule has 1 atom stereocenters. The summed E-state index contributed by atoms with van der Waals surface area (Å²) in [6, 6.07) is 11.7. The molecule has 0 bridgehead atoms. The number of fused-ring (bicyclic) bond motifs is 1. The normalized spacial score (nSPS) is 23.2. The molecule has 3 heteroatoms. The van der Waals surface area contributed by atoms with Crippen LogP contribution in [0.25, 0.3) is 10.8 Å². The predicted octanol–water partition coefficient (Wildman–Crippen LogP) is 4.24. The summed E-state index contributed by atoms with van der Waals surface area (Å²) in [5, 5.41) is 6.92. The molecule has 0 radical (unpaired) electrons. The molecule has 2 nitrogen and oxygen atoms in total. The molecule has 1 N–H and O–H groups in total. The molecule has 0 amide bonds. The van der Waals surface area contributed by atoms with Gasteiger partial charge in [-0.2, -0.15) is 0 Å². The Balaban J connectivity index is 1.81. The van der Waals surface area contributed by atoms with Crippen molar-refractivity contribution in [2.24, 2.45) is 5.41 Å². The second-order valence-electron chi connectivity index (χ2n) is 7.36. The summed E-state index contributed by atoms with van der Waals surface area (Å²) in [7, 11) is 0. The van der Waals surface area contributed by atoms with Crippen LogP contribution in [0.5, 0.6) is 0 Å². The van der Waals surface area contributed by atoms with Crippen LogP contribution in [0.1, 0.15) is 25.8 Å². The van der Waals surface area contributed by atoms with Gasteiger partial charge in [-0.05, 0) is 54.3 Å². The van der Waals surface area contributed by atoms with E-state index in [0.717, 1.165) is 24.5 Å². The van der Waals surface area contributed by atoms with E-state index in [-0.39, 0.29) is 0 Å². The quantitative estimate of drug-likeness (QED) is 0.911. The Bertz CT molecular complexity index is 721. The third-order valence-corrected chi connectivity index (χ3v) is 5.63. The zero-order valence-corrected chi connectivity index (χ0v) is 14.1. The average molecular weight is 315 g/mol. The number of nitrogens with one attached hydrogen (secondary N) is 1. The van der Waals surface area contributed by atoms with Crippen molar-refractivity contribution in [2.75, 3.05) is 24.5 Å². The second kappa shape index (κ2) is 5.14. The van der Waals surface area contributed by atoms with Crippen molar-refractivity contribution >= 4 is 28.1 Å². The Morgan fingerprint density at radius 1 is 1.23 bits per heavy atom. The van der Waals surface area contributed by atoms with Gasteiger partial charge in [0, 0.05) is 41.8 Å². The molecule has 2 heterocycles. The molecule has 4 rings (SSSR count). The van der Waals surface area contributed by atoms with Gasteiger partial charge in [0.25, 0.3) is 0 Å². The Labute approximate surface area is 137 Å². The Morgan fingerprint density at radius 3 is 2.64 bits per heavy atom. The topological polar surface area (TPSA) is 15.3 Å². The molecule has 2 aromatic carbocycles. The smallest absolute Gasteiger partial charge is 0.0448 e. The van der Waals surface area contributed by atoms with Crippen LogP contribution in [0.2, 0.25) is 5.02 Å². The average Bonchev–Trinajstić information content (AvgIpc) is 2.46. The number of rotatable bonds is 3. The number of nitrogens with zero attached hydrogens (tertiary/aromatic N) is 1. The summed E-state index contributed by atoms with van der Waals surface area (Å²) in [5.74, 6) is 0. The first-order chi connectivity index (χ1) is 10.6. The lowest BCUT2D eigenvalue weighted by Crippen LogP contribution is -2.52. The summed E-state index contributed by atoms with van der Waals surface area (Å²) in [4.78, 5) is 2.51. The molecule has 0 aromatic heterocycles. The van der Waals surface area contributed by atoms with Crippen molar-refractivity contribution in [3.8, 4) is 0 Å². The molecule has 2 aliphatic rings. The summed E-state index contributed by atoms with van der Waals surface area (Å²) >= 11 is 6.29. The third-order valence-electron chi connectivity index (χ3n) is 5.40. The monoisotopic (exact) mass is 314 g/mol. The number of halogens is 1. The highest BCUT2D eigenvalue weighted by Gasteiger charge is 2.32. The number of benzene rings is 2. The van der Waals surface area contributed by atoms with E-state index in [1.807, 2.05) is 6.07 Å². The number of anilines is 1. The van der Waals surface area contributed by atoms with Gasteiger partial charge >= 0.3 is 0 Å². The summed E-state index contributed by atoms with van der Waals surface area (Å²) in [6.07, 6.45) is 2.41. The van der Waals surface area contributed by atoms with Crippen LogP contribution in [0.4, 0.5) is 5.69 Å². The molecule has 116 valence electrons. The molecule has 2 saturated heterocycles. The van der Waals surface area contributed by atoms with Crippen molar-refractivity contribution in [1.29, 1.82) is 0 Å². The molecule has 0 aliphatic carbocycles. The summed E-state index contributed by atoms with van der Waals surface area (Å²) in [5.41, 5.74) is 3.19. The minimum absolute atomic E-state index is 0.390. The number of hydrogen-bond acceptors (Lipinski definition) is 2. The van der Waals surface area contributed by atoms with Gasteiger partial charge in [0.05, 0.1) is 0 Å². The van der Waals surface area contributed by atoms with Gasteiger partial charge in [0.15, 0.2) is 0 Å². The Morgan fingerprint density at radius 2 is 2.05 bits per heavy atom. The Kier molecular flexibility index (Phi) is 3.35. The van der Waals surface area contributed by atoms with Crippen LogP contribution < -0.4 is 10.2 Å². The molecule has 2 fully saturated rings. The largest absolute Gasteiger partial charge is 0.368 e. The lowest BCUT2D eigenvalue weighted by molar-refractivity contribution is 0.196. The first kappa shape index (κ1) is 14.3. The first-order valence-electron chi connectivity index (χ1n) is 8.24. The molecule has 2 aliphatic heterocycles. The van der Waals surface area contributed by atoms with Crippen LogP contribution in [-0.2, 0) is 6.42 Å². The zero-order valence-electron chi connectivity index (χ0n) is 13.3. The van der Waals surface area contributed by atoms with Gasteiger partial charge in [-0.3, -0.25) is 0 Å². The van der Waals surface area contributed by atoms with Gasteiger partial charge < -0.3 is 10.2 Å². The van der Waals surface area contributed by atoms with Gasteiger partial charge in [0.2, 0.25) is 0 Å². The second-order valence-corrected chi connectivity index (χ2v) is 7.79. The highest BCUT2D eigenvalue weighted by atomic mass is 35.5. The van der Waals surface area contributed by atoms with Crippen LogP contribution >= 0.6 is 11.6 Å². The molecule has 2 aromatic rings. The Hall–Kier alpha value is -1.25. The highest BCUT2D eigenvalue weighted by molar-refractivity contribution is 6.31. The maximum absolute atomic E-state index is 6.29. The van der Waals surface area contributed by atoms with E-state index in [2.05, 4.69) is 48.3 Å². The summed E-state index contributed by atoms with van der Waals surface area (Å²) in [6.45, 7) is 8.06.